The monoisotopic (exact) mass is 502 g/mol. The third-order valence-corrected chi connectivity index (χ3v) is 6.43. The van der Waals surface area contributed by atoms with Crippen molar-refractivity contribution in [3.8, 4) is 0 Å². The predicted octanol–water partition coefficient (Wildman–Crippen LogP) is -6.30. The Morgan fingerprint density at radius 1 is 0.529 bits per heavy atom. The van der Waals surface area contributed by atoms with Crippen LogP contribution in [0.3, 0.4) is 0 Å². The summed E-state index contributed by atoms with van der Waals surface area (Å²) in [5, 5.41) is 99.7. The molecule has 3 saturated heterocycles. The summed E-state index contributed by atoms with van der Waals surface area (Å²) in [7, 11) is 0. The fourth-order valence-electron chi connectivity index (χ4n) is 4.25. The molecule has 15 unspecified atom stereocenters. The summed E-state index contributed by atoms with van der Waals surface area (Å²) in [4.78, 5) is 0. The molecule has 0 radical (unpaired) electrons. The molecule has 0 aromatic carbocycles. The Morgan fingerprint density at radius 2 is 1.00 bits per heavy atom. The largest absolute Gasteiger partial charge is 0.394 e. The van der Waals surface area contributed by atoms with Gasteiger partial charge in [0.05, 0.1) is 25.9 Å². The molecule has 15 atom stereocenters. The molecule has 3 aliphatic heterocycles. The average molecular weight is 502 g/mol. The Bertz CT molecular complexity index is 635. The van der Waals surface area contributed by atoms with Crippen LogP contribution in [0.2, 0.25) is 0 Å². The maximum atomic E-state index is 10.7. The summed E-state index contributed by atoms with van der Waals surface area (Å²) in [6.45, 7) is -0.617. The van der Waals surface area contributed by atoms with Gasteiger partial charge in [-0.25, -0.2) is 0 Å². The average Bonchev–Trinajstić information content (AvgIpc) is 2.83. The lowest BCUT2D eigenvalue weighted by Crippen LogP contribution is -2.65. The standard InChI is InChI=1S/C19H34O15/c1-5-9(23)10(24)6(2-20)31-18(5)33-16-8(4-22)32-19(14(28)12(16)26)34-15-7(3-21)30-17(29)13(27)11(15)25/h5-29H,2-4H2,1H3. The summed E-state index contributed by atoms with van der Waals surface area (Å²) >= 11 is 0. The lowest BCUT2D eigenvalue weighted by Gasteiger charge is -2.48. The van der Waals surface area contributed by atoms with E-state index in [1.54, 1.807) is 0 Å². The van der Waals surface area contributed by atoms with Gasteiger partial charge in [-0.2, -0.15) is 0 Å². The molecule has 3 aliphatic rings. The Morgan fingerprint density at radius 3 is 1.56 bits per heavy atom. The Labute approximate surface area is 194 Å². The van der Waals surface area contributed by atoms with E-state index < -0.39 is 112 Å². The van der Waals surface area contributed by atoms with Gasteiger partial charge in [0.1, 0.15) is 61.0 Å². The summed E-state index contributed by atoms with van der Waals surface area (Å²) < 4.78 is 27.1. The fraction of sp³-hybridized carbons (Fsp3) is 1.00. The van der Waals surface area contributed by atoms with Gasteiger partial charge in [0.15, 0.2) is 18.9 Å². The zero-order chi connectivity index (χ0) is 25.3. The van der Waals surface area contributed by atoms with Crippen LogP contribution in [0.15, 0.2) is 0 Å². The number of hydrogen-bond donors (Lipinski definition) is 10. The smallest absolute Gasteiger partial charge is 0.187 e. The van der Waals surface area contributed by atoms with Gasteiger partial charge in [-0.3, -0.25) is 0 Å². The van der Waals surface area contributed by atoms with Gasteiger partial charge < -0.3 is 74.7 Å². The molecule has 0 aromatic heterocycles. The molecule has 3 rings (SSSR count). The van der Waals surface area contributed by atoms with E-state index >= 15 is 0 Å². The maximum absolute atomic E-state index is 10.7. The molecular weight excluding hydrogens is 468 g/mol. The van der Waals surface area contributed by atoms with Gasteiger partial charge in [-0.1, -0.05) is 6.92 Å². The van der Waals surface area contributed by atoms with Crippen molar-refractivity contribution in [2.24, 2.45) is 5.92 Å². The van der Waals surface area contributed by atoms with Crippen molar-refractivity contribution < 1.29 is 74.7 Å². The minimum absolute atomic E-state index is 0.630. The van der Waals surface area contributed by atoms with Gasteiger partial charge >= 0.3 is 0 Å². The van der Waals surface area contributed by atoms with Crippen LogP contribution in [0, 0.1) is 5.92 Å². The van der Waals surface area contributed by atoms with Crippen molar-refractivity contribution in [2.75, 3.05) is 19.8 Å². The van der Waals surface area contributed by atoms with E-state index in [1.165, 1.54) is 6.92 Å². The van der Waals surface area contributed by atoms with Crippen molar-refractivity contribution in [1.82, 2.24) is 0 Å². The highest BCUT2D eigenvalue weighted by Gasteiger charge is 2.52. The van der Waals surface area contributed by atoms with E-state index in [1.807, 2.05) is 0 Å². The first-order chi connectivity index (χ1) is 16.0. The Kier molecular flexibility index (Phi) is 9.57. The van der Waals surface area contributed by atoms with Crippen LogP contribution >= 0.6 is 0 Å². The van der Waals surface area contributed by atoms with E-state index in [0.29, 0.717) is 0 Å². The van der Waals surface area contributed by atoms with Crippen LogP contribution in [0.25, 0.3) is 0 Å². The number of aliphatic hydroxyl groups excluding tert-OH is 10. The molecular formula is C19H34O15. The van der Waals surface area contributed by atoms with Gasteiger partial charge in [-0.05, 0) is 0 Å². The van der Waals surface area contributed by atoms with Crippen molar-refractivity contribution in [2.45, 2.75) is 92.9 Å². The summed E-state index contributed by atoms with van der Waals surface area (Å²) in [6.07, 6.45) is -21.3. The quantitative estimate of drug-likeness (QED) is 0.155. The highest BCUT2D eigenvalue weighted by molar-refractivity contribution is 4.95. The Balaban J connectivity index is 1.72. The summed E-state index contributed by atoms with van der Waals surface area (Å²) in [5.41, 5.74) is 0. The topological polar surface area (TPSA) is 248 Å². The number of rotatable bonds is 7. The first-order valence-corrected chi connectivity index (χ1v) is 10.9. The second kappa shape index (κ2) is 11.6. The first-order valence-electron chi connectivity index (χ1n) is 10.9. The third-order valence-electron chi connectivity index (χ3n) is 6.43. The normalized spacial score (nSPS) is 52.5. The van der Waals surface area contributed by atoms with Crippen molar-refractivity contribution in [3.63, 3.8) is 0 Å². The third kappa shape index (κ3) is 5.39. The highest BCUT2D eigenvalue weighted by Crippen LogP contribution is 2.33. The Hall–Kier alpha value is -0.600. The molecule has 0 spiro atoms. The zero-order valence-electron chi connectivity index (χ0n) is 18.3. The molecule has 10 N–H and O–H groups in total. The highest BCUT2D eigenvalue weighted by atomic mass is 16.7. The molecule has 0 aliphatic carbocycles. The lowest BCUT2D eigenvalue weighted by atomic mass is 9.92. The van der Waals surface area contributed by atoms with Gasteiger partial charge in [-0.15, -0.1) is 0 Å². The van der Waals surface area contributed by atoms with Gasteiger partial charge in [0.2, 0.25) is 0 Å². The molecule has 0 amide bonds. The zero-order valence-corrected chi connectivity index (χ0v) is 18.3. The van der Waals surface area contributed by atoms with E-state index in [9.17, 15) is 51.1 Å². The van der Waals surface area contributed by atoms with Crippen LogP contribution in [-0.4, -0.2) is 157 Å². The summed E-state index contributed by atoms with van der Waals surface area (Å²) in [6, 6.07) is 0. The molecule has 3 fully saturated rings. The van der Waals surface area contributed by atoms with Gasteiger partial charge in [0.25, 0.3) is 0 Å². The maximum Gasteiger partial charge on any atom is 0.187 e. The van der Waals surface area contributed by atoms with E-state index in [-0.39, 0.29) is 0 Å². The van der Waals surface area contributed by atoms with E-state index in [4.69, 9.17) is 23.7 Å². The fourth-order valence-corrected chi connectivity index (χ4v) is 4.25. The van der Waals surface area contributed by atoms with Crippen LogP contribution in [0.5, 0.6) is 0 Å². The summed E-state index contributed by atoms with van der Waals surface area (Å²) in [5.74, 6) is -0.830. The van der Waals surface area contributed by atoms with Crippen molar-refractivity contribution in [1.29, 1.82) is 0 Å². The number of aliphatic hydroxyl groups is 10. The lowest BCUT2D eigenvalue weighted by molar-refractivity contribution is -0.374. The van der Waals surface area contributed by atoms with E-state index in [0.717, 1.165) is 0 Å². The van der Waals surface area contributed by atoms with Crippen molar-refractivity contribution in [3.05, 3.63) is 0 Å². The number of hydrogen-bond acceptors (Lipinski definition) is 15. The first kappa shape index (κ1) is 28.0. The molecule has 0 saturated carbocycles. The van der Waals surface area contributed by atoms with Crippen LogP contribution in [0.4, 0.5) is 0 Å². The van der Waals surface area contributed by atoms with Crippen LogP contribution < -0.4 is 0 Å². The second-order valence-electron chi connectivity index (χ2n) is 8.70. The minimum Gasteiger partial charge on any atom is -0.394 e. The number of ether oxygens (including phenoxy) is 5. The minimum atomic E-state index is -1.83. The molecule has 15 nitrogen and oxygen atoms in total. The van der Waals surface area contributed by atoms with Crippen molar-refractivity contribution >= 4 is 0 Å². The molecule has 34 heavy (non-hydrogen) atoms. The second-order valence-corrected chi connectivity index (χ2v) is 8.70. The van der Waals surface area contributed by atoms with E-state index in [2.05, 4.69) is 0 Å². The van der Waals surface area contributed by atoms with Crippen LogP contribution in [0.1, 0.15) is 6.92 Å². The van der Waals surface area contributed by atoms with Gasteiger partial charge in [0, 0.05) is 5.92 Å². The molecule has 0 bridgehead atoms. The predicted molar refractivity (Wildman–Crippen MR) is 104 cm³/mol. The molecule has 200 valence electrons. The molecule has 3 heterocycles. The molecule has 15 heteroatoms. The van der Waals surface area contributed by atoms with Crippen LogP contribution in [-0.2, 0) is 23.7 Å². The molecule has 0 aromatic rings. The SMILES string of the molecule is CC1C(OC2C(CO)OC(OC3C(CO)OC(O)C(O)C3O)C(O)C2O)OC(CO)C(O)C1O.